The Morgan fingerprint density at radius 1 is 1.24 bits per heavy atom. The fraction of sp³-hybridized carbons (Fsp3) is 0.375. The molecule has 92 valence electrons. The summed E-state index contributed by atoms with van der Waals surface area (Å²) in [6, 6.07) is 8.63. The average Bonchev–Trinajstić information content (AvgIpc) is 2.69. The first-order valence-electron chi connectivity index (χ1n) is 6.37. The maximum absolute atomic E-state index is 2.32. The highest BCUT2D eigenvalue weighted by atomic mass is 32.1. The molecule has 2 rings (SSSR count). The zero-order valence-electron chi connectivity index (χ0n) is 11.5. The summed E-state index contributed by atoms with van der Waals surface area (Å²) >= 11 is 1.89. The second-order valence-electron chi connectivity index (χ2n) is 3.93. The van der Waals surface area contributed by atoms with Crippen molar-refractivity contribution < 1.29 is 0 Å². The third kappa shape index (κ3) is 3.19. The molecule has 0 saturated carbocycles. The van der Waals surface area contributed by atoms with Crippen molar-refractivity contribution in [3.8, 4) is 0 Å². The van der Waals surface area contributed by atoms with Crippen LogP contribution in [0.15, 0.2) is 29.8 Å². The first kappa shape index (κ1) is 14.0. The molecular formula is C16H22S. The molecule has 0 nitrogen and oxygen atoms in total. The van der Waals surface area contributed by atoms with E-state index in [0.29, 0.717) is 0 Å². The number of aryl methyl sites for hydroxylation is 1. The van der Waals surface area contributed by atoms with Gasteiger partial charge in [0.2, 0.25) is 0 Å². The number of benzene rings is 1. The molecule has 1 aromatic carbocycles. The van der Waals surface area contributed by atoms with Gasteiger partial charge in [-0.3, -0.25) is 0 Å². The largest absolute Gasteiger partial charge is 0.136 e. The highest BCUT2D eigenvalue weighted by molar-refractivity contribution is 7.20. The van der Waals surface area contributed by atoms with Gasteiger partial charge in [0.15, 0.2) is 0 Å². The molecule has 0 spiro atoms. The van der Waals surface area contributed by atoms with Crippen LogP contribution in [0, 0.1) is 6.92 Å². The highest BCUT2D eigenvalue weighted by Gasteiger charge is 2.05. The van der Waals surface area contributed by atoms with E-state index in [-0.39, 0.29) is 0 Å². The van der Waals surface area contributed by atoms with E-state index in [2.05, 4.69) is 51.1 Å². The van der Waals surface area contributed by atoms with Crippen LogP contribution in [0.2, 0.25) is 0 Å². The molecule has 0 fully saturated rings. The van der Waals surface area contributed by atoms with E-state index in [9.17, 15) is 0 Å². The van der Waals surface area contributed by atoms with Gasteiger partial charge in [-0.05, 0) is 43.4 Å². The zero-order chi connectivity index (χ0) is 12.8. The van der Waals surface area contributed by atoms with Crippen LogP contribution in [0.5, 0.6) is 0 Å². The predicted molar refractivity (Wildman–Crippen MR) is 81.9 cm³/mol. The summed E-state index contributed by atoms with van der Waals surface area (Å²) in [6.07, 6.45) is 3.45. The highest BCUT2D eigenvalue weighted by Crippen LogP contribution is 2.32. The second kappa shape index (κ2) is 6.61. The molecule has 0 aliphatic heterocycles. The van der Waals surface area contributed by atoms with Gasteiger partial charge in [0.05, 0.1) is 0 Å². The first-order chi connectivity index (χ1) is 8.22. The molecule has 0 aliphatic rings. The number of rotatable bonds is 2. The minimum Gasteiger partial charge on any atom is -0.136 e. The summed E-state index contributed by atoms with van der Waals surface area (Å²) < 4.78 is 1.39. The Hall–Kier alpha value is -1.08. The average molecular weight is 246 g/mol. The summed E-state index contributed by atoms with van der Waals surface area (Å²) in [4.78, 5) is 1.41. The van der Waals surface area contributed by atoms with Crippen molar-refractivity contribution >= 4 is 27.5 Å². The molecule has 17 heavy (non-hydrogen) atoms. The van der Waals surface area contributed by atoms with Gasteiger partial charge in [0.25, 0.3) is 0 Å². The second-order valence-corrected chi connectivity index (χ2v) is 5.02. The summed E-state index contributed by atoms with van der Waals surface area (Å²) in [7, 11) is 0. The molecule has 0 aliphatic carbocycles. The fourth-order valence-corrected chi connectivity index (χ4v) is 2.89. The van der Waals surface area contributed by atoms with Crippen LogP contribution in [0.4, 0.5) is 0 Å². The molecule has 1 aromatic heterocycles. The van der Waals surface area contributed by atoms with E-state index in [0.717, 1.165) is 6.42 Å². The molecule has 0 amide bonds. The SMILES string of the molecule is CC.CC/C(C)=C\c1sc2ccccc2c1C. The van der Waals surface area contributed by atoms with E-state index < -0.39 is 0 Å². The van der Waals surface area contributed by atoms with Gasteiger partial charge in [-0.1, -0.05) is 44.5 Å². The Morgan fingerprint density at radius 3 is 2.47 bits per heavy atom. The van der Waals surface area contributed by atoms with Gasteiger partial charge in [-0.2, -0.15) is 0 Å². The summed E-state index contributed by atoms with van der Waals surface area (Å²) in [5.41, 5.74) is 2.87. The Morgan fingerprint density at radius 2 is 1.88 bits per heavy atom. The maximum atomic E-state index is 2.32. The number of thiophene rings is 1. The lowest BCUT2D eigenvalue weighted by Gasteiger charge is -1.95. The molecule has 0 unspecified atom stereocenters. The Kier molecular flexibility index (Phi) is 5.43. The molecule has 0 bridgehead atoms. The van der Waals surface area contributed by atoms with Gasteiger partial charge in [-0.25, -0.2) is 0 Å². The number of fused-ring (bicyclic) bond motifs is 1. The Labute approximate surface area is 109 Å². The standard InChI is InChI=1S/C14H16S.C2H6/c1-4-10(2)9-14-11(3)12-7-5-6-8-13(12)15-14;1-2/h5-9H,4H2,1-3H3;1-2H3/b10-9-;. The van der Waals surface area contributed by atoms with Gasteiger partial charge < -0.3 is 0 Å². The Balaban J connectivity index is 0.000000686. The molecule has 0 saturated heterocycles. The van der Waals surface area contributed by atoms with Crippen molar-refractivity contribution in [2.24, 2.45) is 0 Å². The first-order valence-corrected chi connectivity index (χ1v) is 7.19. The van der Waals surface area contributed by atoms with E-state index >= 15 is 0 Å². The summed E-state index contributed by atoms with van der Waals surface area (Å²) in [6.45, 7) is 10.6. The molecule has 0 radical (unpaired) electrons. The molecule has 2 aromatic rings. The monoisotopic (exact) mass is 246 g/mol. The van der Waals surface area contributed by atoms with E-state index in [1.807, 2.05) is 25.2 Å². The van der Waals surface area contributed by atoms with Gasteiger partial charge in [0.1, 0.15) is 0 Å². The van der Waals surface area contributed by atoms with Gasteiger partial charge in [-0.15, -0.1) is 11.3 Å². The Bertz CT molecular complexity index is 503. The zero-order valence-corrected chi connectivity index (χ0v) is 12.3. The molecule has 0 atom stereocenters. The lowest BCUT2D eigenvalue weighted by Crippen LogP contribution is -1.74. The van der Waals surface area contributed by atoms with Crippen molar-refractivity contribution in [2.45, 2.75) is 41.0 Å². The van der Waals surface area contributed by atoms with Crippen LogP contribution in [0.3, 0.4) is 0 Å². The van der Waals surface area contributed by atoms with E-state index in [1.54, 1.807) is 0 Å². The van der Waals surface area contributed by atoms with Gasteiger partial charge in [0, 0.05) is 9.58 Å². The number of hydrogen-bond donors (Lipinski definition) is 0. The lowest BCUT2D eigenvalue weighted by atomic mass is 10.1. The van der Waals surface area contributed by atoms with Crippen LogP contribution >= 0.6 is 11.3 Å². The van der Waals surface area contributed by atoms with Crippen molar-refractivity contribution in [2.75, 3.05) is 0 Å². The van der Waals surface area contributed by atoms with Crippen LogP contribution in [-0.4, -0.2) is 0 Å². The number of allylic oxidation sites excluding steroid dienone is 1. The fourth-order valence-electron chi connectivity index (χ4n) is 1.66. The maximum Gasteiger partial charge on any atom is 0.0351 e. The van der Waals surface area contributed by atoms with Crippen LogP contribution < -0.4 is 0 Å². The molecule has 0 N–H and O–H groups in total. The smallest absolute Gasteiger partial charge is 0.0351 e. The topological polar surface area (TPSA) is 0 Å². The quantitative estimate of drug-likeness (QED) is 0.605. The normalized spacial score (nSPS) is 11.2. The third-order valence-electron chi connectivity index (χ3n) is 2.82. The van der Waals surface area contributed by atoms with Crippen molar-refractivity contribution in [3.05, 3.63) is 40.3 Å². The predicted octanol–water partition coefficient (Wildman–Crippen LogP) is 6.05. The van der Waals surface area contributed by atoms with Gasteiger partial charge >= 0.3 is 0 Å². The van der Waals surface area contributed by atoms with E-state index in [1.165, 1.54) is 26.1 Å². The van der Waals surface area contributed by atoms with E-state index in [4.69, 9.17) is 0 Å². The molecular weight excluding hydrogens is 224 g/mol. The molecule has 1 heteroatoms. The third-order valence-corrected chi connectivity index (χ3v) is 4.04. The van der Waals surface area contributed by atoms with Crippen LogP contribution in [0.1, 0.15) is 44.6 Å². The van der Waals surface area contributed by atoms with Crippen molar-refractivity contribution in [3.63, 3.8) is 0 Å². The van der Waals surface area contributed by atoms with Crippen LogP contribution in [0.25, 0.3) is 16.2 Å². The summed E-state index contributed by atoms with van der Waals surface area (Å²) in [5, 5.41) is 1.40. The van der Waals surface area contributed by atoms with Crippen LogP contribution in [-0.2, 0) is 0 Å². The van der Waals surface area contributed by atoms with Crippen molar-refractivity contribution in [1.82, 2.24) is 0 Å². The minimum atomic E-state index is 1.13. The minimum absolute atomic E-state index is 1.13. The van der Waals surface area contributed by atoms with Crippen molar-refractivity contribution in [1.29, 1.82) is 0 Å². The lowest BCUT2D eigenvalue weighted by molar-refractivity contribution is 1.11. The summed E-state index contributed by atoms with van der Waals surface area (Å²) in [5.74, 6) is 0. The number of hydrogen-bond acceptors (Lipinski definition) is 1. The molecule has 1 heterocycles.